The highest BCUT2D eigenvalue weighted by atomic mass is 32.2. The molecule has 1 atom stereocenters. The van der Waals surface area contributed by atoms with Gasteiger partial charge in [-0.05, 0) is 56.0 Å². The van der Waals surface area contributed by atoms with E-state index in [4.69, 9.17) is 4.52 Å². The summed E-state index contributed by atoms with van der Waals surface area (Å²) in [6.45, 7) is 6.53. The van der Waals surface area contributed by atoms with Crippen LogP contribution < -0.4 is 10.6 Å². The first-order chi connectivity index (χ1) is 14.1. The molecule has 1 aromatic carbocycles. The SMILES string of the molecule is CCCCCc1ccc(-c2on(C3CCCNC3)c2SC)c(CCNC(C)=O)c1. The third-order valence-electron chi connectivity index (χ3n) is 5.63. The van der Waals surface area contributed by atoms with Crippen LogP contribution in [0.15, 0.2) is 27.7 Å². The van der Waals surface area contributed by atoms with Crippen LogP contribution >= 0.6 is 11.8 Å². The van der Waals surface area contributed by atoms with Crippen LogP contribution in [-0.4, -0.2) is 36.5 Å². The van der Waals surface area contributed by atoms with Gasteiger partial charge in [-0.2, -0.15) is 4.74 Å². The molecule has 1 saturated heterocycles. The molecule has 1 fully saturated rings. The normalized spacial score (nSPS) is 16.9. The van der Waals surface area contributed by atoms with Crippen molar-refractivity contribution in [3.63, 3.8) is 0 Å². The molecule has 0 radical (unpaired) electrons. The van der Waals surface area contributed by atoms with Gasteiger partial charge in [0.1, 0.15) is 0 Å². The smallest absolute Gasteiger partial charge is 0.216 e. The van der Waals surface area contributed by atoms with E-state index in [1.165, 1.54) is 47.4 Å². The summed E-state index contributed by atoms with van der Waals surface area (Å²) in [6, 6.07) is 7.18. The highest BCUT2D eigenvalue weighted by molar-refractivity contribution is 7.98. The molecule has 5 nitrogen and oxygen atoms in total. The van der Waals surface area contributed by atoms with Gasteiger partial charge in [0.25, 0.3) is 0 Å². The van der Waals surface area contributed by atoms with Gasteiger partial charge in [-0.3, -0.25) is 4.79 Å². The fraction of sp³-hybridized carbons (Fsp3) is 0.609. The number of hydrogen-bond donors (Lipinski definition) is 2. The Morgan fingerprint density at radius 2 is 2.21 bits per heavy atom. The summed E-state index contributed by atoms with van der Waals surface area (Å²) >= 11 is 1.76. The Morgan fingerprint density at radius 1 is 1.34 bits per heavy atom. The van der Waals surface area contributed by atoms with Gasteiger partial charge in [-0.1, -0.05) is 38.0 Å². The molecule has 160 valence electrons. The Kier molecular flexibility index (Phi) is 8.30. The van der Waals surface area contributed by atoms with E-state index in [1.807, 2.05) is 0 Å². The monoisotopic (exact) mass is 417 g/mol. The number of thioether (sulfide) groups is 1. The van der Waals surface area contributed by atoms with Gasteiger partial charge in [0.15, 0.2) is 10.8 Å². The molecule has 1 aliphatic heterocycles. The molecule has 0 bridgehead atoms. The van der Waals surface area contributed by atoms with Crippen molar-refractivity contribution in [1.29, 1.82) is 0 Å². The molecule has 2 heterocycles. The first kappa shape index (κ1) is 22.0. The Balaban J connectivity index is 1.83. The topological polar surface area (TPSA) is 59.2 Å². The van der Waals surface area contributed by atoms with Crippen LogP contribution in [0.1, 0.15) is 63.1 Å². The molecule has 6 heteroatoms. The zero-order valence-corrected chi connectivity index (χ0v) is 18.9. The van der Waals surface area contributed by atoms with Crippen molar-refractivity contribution in [3.8, 4) is 11.3 Å². The lowest BCUT2D eigenvalue weighted by Gasteiger charge is -2.30. The molecule has 1 aromatic heterocycles. The summed E-state index contributed by atoms with van der Waals surface area (Å²) in [5.41, 5.74) is 3.80. The summed E-state index contributed by atoms with van der Waals surface area (Å²) in [4.78, 5) is 11.3. The van der Waals surface area contributed by atoms with Crippen molar-refractivity contribution in [2.45, 2.75) is 69.9 Å². The molecule has 1 aliphatic rings. The maximum absolute atomic E-state index is 11.3. The van der Waals surface area contributed by atoms with Crippen molar-refractivity contribution in [1.82, 2.24) is 15.4 Å². The van der Waals surface area contributed by atoms with Gasteiger partial charge in [0.2, 0.25) is 5.91 Å². The van der Waals surface area contributed by atoms with E-state index in [-0.39, 0.29) is 5.91 Å². The summed E-state index contributed by atoms with van der Waals surface area (Å²) in [6.07, 6.45) is 10.1. The Bertz CT molecular complexity index is 790. The molecule has 2 aromatic rings. The number of nitrogens with zero attached hydrogens (tertiary/aromatic N) is 1. The lowest BCUT2D eigenvalue weighted by Crippen LogP contribution is -2.33. The Morgan fingerprint density at radius 3 is 2.90 bits per heavy atom. The minimum Gasteiger partial charge on any atom is -0.375 e. The predicted molar refractivity (Wildman–Crippen MR) is 121 cm³/mol. The van der Waals surface area contributed by atoms with Crippen molar-refractivity contribution < 1.29 is 9.32 Å². The van der Waals surface area contributed by atoms with Gasteiger partial charge in [0.05, 0.1) is 6.04 Å². The van der Waals surface area contributed by atoms with E-state index in [0.29, 0.717) is 12.6 Å². The molecule has 2 N–H and O–H groups in total. The minimum absolute atomic E-state index is 0.0190. The molecular formula is C23H35N3O2S. The van der Waals surface area contributed by atoms with Gasteiger partial charge in [-0.25, -0.2) is 0 Å². The van der Waals surface area contributed by atoms with Gasteiger partial charge in [-0.15, -0.1) is 11.8 Å². The molecule has 0 saturated carbocycles. The van der Waals surface area contributed by atoms with E-state index in [2.05, 4.69) is 46.8 Å². The fourth-order valence-corrected chi connectivity index (χ4v) is 4.74. The summed E-state index contributed by atoms with van der Waals surface area (Å²) in [7, 11) is 0. The quantitative estimate of drug-likeness (QED) is 0.430. The Hall–Kier alpha value is -1.66. The van der Waals surface area contributed by atoms with Crippen LogP contribution in [0.5, 0.6) is 0 Å². The molecular weight excluding hydrogens is 382 g/mol. The van der Waals surface area contributed by atoms with Crippen molar-refractivity contribution in [2.24, 2.45) is 0 Å². The van der Waals surface area contributed by atoms with Crippen molar-refractivity contribution in [2.75, 3.05) is 25.9 Å². The highest BCUT2D eigenvalue weighted by Gasteiger charge is 2.27. The van der Waals surface area contributed by atoms with Crippen molar-refractivity contribution >= 4 is 17.7 Å². The zero-order valence-electron chi connectivity index (χ0n) is 18.1. The molecule has 0 aliphatic carbocycles. The Labute approximate surface area is 179 Å². The number of unbranched alkanes of at least 4 members (excludes halogenated alkanes) is 2. The third kappa shape index (κ3) is 5.70. The minimum atomic E-state index is 0.0190. The molecule has 3 rings (SSSR count). The molecule has 1 unspecified atom stereocenters. The lowest BCUT2D eigenvalue weighted by atomic mass is 9.96. The van der Waals surface area contributed by atoms with Crippen LogP contribution in [0.4, 0.5) is 0 Å². The first-order valence-electron chi connectivity index (χ1n) is 11.0. The predicted octanol–water partition coefficient (Wildman–Crippen LogP) is 4.81. The zero-order chi connectivity index (χ0) is 20.6. The maximum atomic E-state index is 11.3. The number of nitrogens with one attached hydrogen (secondary N) is 2. The highest BCUT2D eigenvalue weighted by Crippen LogP contribution is 2.39. The van der Waals surface area contributed by atoms with Crippen LogP contribution in [0, 0.1) is 0 Å². The summed E-state index contributed by atoms with van der Waals surface area (Å²) in [5.74, 6) is 1.01. The number of hydrogen-bond acceptors (Lipinski definition) is 4. The van der Waals surface area contributed by atoms with E-state index in [9.17, 15) is 4.79 Å². The first-order valence-corrected chi connectivity index (χ1v) is 12.2. The summed E-state index contributed by atoms with van der Waals surface area (Å²) < 4.78 is 8.34. The number of carbonyl (C=O) groups is 1. The van der Waals surface area contributed by atoms with Crippen LogP contribution in [0.25, 0.3) is 11.3 Å². The van der Waals surface area contributed by atoms with E-state index < -0.39 is 0 Å². The van der Waals surface area contributed by atoms with Gasteiger partial charge < -0.3 is 15.2 Å². The number of aryl methyl sites for hydroxylation is 1. The number of piperidine rings is 1. The number of benzene rings is 1. The number of aromatic nitrogens is 1. The number of carbonyl (C=O) groups excluding carboxylic acids is 1. The summed E-state index contributed by atoms with van der Waals surface area (Å²) in [5, 5.41) is 7.63. The van der Waals surface area contributed by atoms with Gasteiger partial charge in [0, 0.05) is 25.6 Å². The average molecular weight is 418 g/mol. The molecule has 29 heavy (non-hydrogen) atoms. The van der Waals surface area contributed by atoms with Crippen LogP contribution in [0.2, 0.25) is 0 Å². The largest absolute Gasteiger partial charge is 0.375 e. The average Bonchev–Trinajstić information content (AvgIpc) is 2.70. The van der Waals surface area contributed by atoms with Gasteiger partial charge >= 0.3 is 0 Å². The third-order valence-corrected chi connectivity index (χ3v) is 6.38. The second-order valence-electron chi connectivity index (χ2n) is 7.94. The van der Waals surface area contributed by atoms with E-state index in [1.54, 1.807) is 18.7 Å². The van der Waals surface area contributed by atoms with E-state index >= 15 is 0 Å². The molecule has 0 spiro atoms. The number of amides is 1. The van der Waals surface area contributed by atoms with Crippen LogP contribution in [0.3, 0.4) is 0 Å². The fourth-order valence-electron chi connectivity index (χ4n) is 4.04. The van der Waals surface area contributed by atoms with E-state index in [0.717, 1.165) is 38.1 Å². The second kappa shape index (κ2) is 10.9. The number of rotatable bonds is 10. The standard InChI is InChI=1S/C23H35N3O2S/c1-4-5-6-8-18-10-11-21(19(15-18)12-14-25-17(2)27)22-23(29-3)26(28-22)20-9-7-13-24-16-20/h10-11,15,20,24H,4-9,12-14,16H2,1-3H3,(H,25,27). The van der Waals surface area contributed by atoms with Crippen molar-refractivity contribution in [3.05, 3.63) is 29.3 Å². The second-order valence-corrected chi connectivity index (χ2v) is 8.73. The van der Waals surface area contributed by atoms with Crippen LogP contribution in [-0.2, 0) is 17.6 Å². The maximum Gasteiger partial charge on any atom is 0.216 e. The molecule has 1 amide bonds. The lowest BCUT2D eigenvalue weighted by molar-refractivity contribution is -0.118.